The van der Waals surface area contributed by atoms with Crippen molar-refractivity contribution in [3.05, 3.63) is 64.8 Å². The lowest BCUT2D eigenvalue weighted by atomic mass is 9.99. The Kier molecular flexibility index (Phi) is 5.54. The molecule has 0 saturated carbocycles. The van der Waals surface area contributed by atoms with Crippen LogP contribution in [-0.4, -0.2) is 57.7 Å². The fourth-order valence-electron chi connectivity index (χ4n) is 3.31. The highest BCUT2D eigenvalue weighted by atomic mass is 19.1. The number of aliphatic hydroxyl groups excluding tert-OH is 4. The molecule has 2 aromatic carbocycles. The van der Waals surface area contributed by atoms with Crippen LogP contribution in [0.4, 0.5) is 4.39 Å². The number of halogens is 1. The van der Waals surface area contributed by atoms with Gasteiger partial charge < -0.3 is 34.3 Å². The van der Waals surface area contributed by atoms with Crippen molar-refractivity contribution >= 4 is 11.0 Å². The summed E-state index contributed by atoms with van der Waals surface area (Å²) in [5.41, 5.74) is 0.661. The summed E-state index contributed by atoms with van der Waals surface area (Å²) < 4.78 is 29.5. The van der Waals surface area contributed by atoms with E-state index in [1.54, 1.807) is 0 Å². The zero-order valence-electron chi connectivity index (χ0n) is 15.5. The summed E-state index contributed by atoms with van der Waals surface area (Å²) in [5, 5.41) is 39.3. The van der Waals surface area contributed by atoms with Crippen LogP contribution >= 0.6 is 0 Å². The number of fused-ring (bicyclic) bond motifs is 1. The minimum Gasteiger partial charge on any atom is -0.463 e. The fourth-order valence-corrected chi connectivity index (χ4v) is 3.31. The first-order valence-corrected chi connectivity index (χ1v) is 9.17. The van der Waals surface area contributed by atoms with Crippen molar-refractivity contribution in [2.24, 2.45) is 0 Å². The molecule has 2 heterocycles. The molecule has 158 valence electrons. The molecule has 0 unspecified atom stereocenters. The van der Waals surface area contributed by atoms with Gasteiger partial charge in [-0.15, -0.1) is 0 Å². The van der Waals surface area contributed by atoms with Gasteiger partial charge in [0.15, 0.2) is 5.43 Å². The predicted octanol–water partition coefficient (Wildman–Crippen LogP) is 0.778. The molecule has 4 rings (SSSR count). The molecule has 0 spiro atoms. The average Bonchev–Trinajstić information content (AvgIpc) is 2.75. The van der Waals surface area contributed by atoms with Crippen LogP contribution < -0.4 is 10.2 Å². The van der Waals surface area contributed by atoms with E-state index in [2.05, 4.69) is 0 Å². The maximum Gasteiger partial charge on any atom is 0.229 e. The zero-order chi connectivity index (χ0) is 21.4. The normalized spacial score (nSPS) is 26.6. The molecule has 4 N–H and O–H groups in total. The molecule has 0 amide bonds. The molecule has 1 saturated heterocycles. The van der Waals surface area contributed by atoms with Gasteiger partial charge in [0, 0.05) is 6.07 Å². The highest BCUT2D eigenvalue weighted by molar-refractivity contribution is 5.82. The van der Waals surface area contributed by atoms with E-state index in [9.17, 15) is 29.6 Å². The van der Waals surface area contributed by atoms with Gasteiger partial charge >= 0.3 is 0 Å². The van der Waals surface area contributed by atoms with E-state index in [-0.39, 0.29) is 27.7 Å². The number of hydrogen-bond acceptors (Lipinski definition) is 8. The van der Waals surface area contributed by atoms with Crippen molar-refractivity contribution in [2.45, 2.75) is 30.7 Å². The first-order chi connectivity index (χ1) is 14.4. The first-order valence-electron chi connectivity index (χ1n) is 9.17. The van der Waals surface area contributed by atoms with E-state index < -0.39 is 43.1 Å². The van der Waals surface area contributed by atoms with E-state index in [4.69, 9.17) is 13.9 Å². The topological polar surface area (TPSA) is 130 Å². The van der Waals surface area contributed by atoms with Crippen LogP contribution in [0.2, 0.25) is 0 Å². The molecule has 0 bridgehead atoms. The van der Waals surface area contributed by atoms with Gasteiger partial charge in [-0.1, -0.05) is 12.1 Å². The van der Waals surface area contributed by atoms with Gasteiger partial charge in [0.2, 0.25) is 6.29 Å². The summed E-state index contributed by atoms with van der Waals surface area (Å²) in [6, 6.07) is 9.77. The second kappa shape index (κ2) is 8.13. The molecule has 0 aliphatic carbocycles. The van der Waals surface area contributed by atoms with E-state index in [0.29, 0.717) is 5.56 Å². The Morgan fingerprint density at radius 2 is 1.73 bits per heavy atom. The number of rotatable bonds is 4. The van der Waals surface area contributed by atoms with Gasteiger partial charge in [0.25, 0.3) is 0 Å². The lowest BCUT2D eigenvalue weighted by molar-refractivity contribution is -0.277. The van der Waals surface area contributed by atoms with Crippen molar-refractivity contribution in [1.29, 1.82) is 0 Å². The Hall–Kier alpha value is -2.82. The smallest absolute Gasteiger partial charge is 0.229 e. The molecule has 0 radical (unpaired) electrons. The van der Waals surface area contributed by atoms with Crippen LogP contribution in [0.3, 0.4) is 0 Å². The van der Waals surface area contributed by atoms with Crippen LogP contribution in [0.1, 0.15) is 0 Å². The molecular weight excluding hydrogens is 399 g/mol. The Bertz CT molecular complexity index is 1090. The minimum atomic E-state index is -1.57. The van der Waals surface area contributed by atoms with Gasteiger partial charge in [0.1, 0.15) is 47.8 Å². The van der Waals surface area contributed by atoms with Crippen molar-refractivity contribution in [3.63, 3.8) is 0 Å². The summed E-state index contributed by atoms with van der Waals surface area (Å²) in [6.07, 6.45) is -5.84. The number of hydrogen-bond donors (Lipinski definition) is 4. The molecule has 30 heavy (non-hydrogen) atoms. The standard InChI is InChI=1S/C21H19FO8/c22-11-3-1-10(2-4-11)14-9-28-15-7-12(5-6-13(15)17(14)24)29-21-20(27)19(26)18(25)16(8-23)30-21/h1-7,9,16,18-21,23,25-27H,8H2/t16-,18-,19+,20-,21+/m0/s1. The second-order valence-corrected chi connectivity index (χ2v) is 6.96. The molecule has 1 aromatic heterocycles. The molecular formula is C21H19FO8. The molecule has 1 fully saturated rings. The zero-order valence-corrected chi connectivity index (χ0v) is 15.5. The van der Waals surface area contributed by atoms with Gasteiger partial charge in [-0.3, -0.25) is 4.79 Å². The van der Waals surface area contributed by atoms with E-state index in [0.717, 1.165) is 0 Å². The average molecular weight is 418 g/mol. The van der Waals surface area contributed by atoms with Crippen LogP contribution in [0.15, 0.2) is 57.9 Å². The van der Waals surface area contributed by atoms with Crippen LogP contribution in [0, 0.1) is 5.82 Å². The van der Waals surface area contributed by atoms with Crippen LogP contribution in [0.5, 0.6) is 5.75 Å². The minimum absolute atomic E-state index is 0.171. The maximum atomic E-state index is 13.1. The van der Waals surface area contributed by atoms with E-state index in [1.165, 1.54) is 48.7 Å². The first kappa shape index (κ1) is 20.5. The van der Waals surface area contributed by atoms with Gasteiger partial charge in [-0.05, 0) is 29.8 Å². The number of aliphatic hydroxyl groups is 4. The third-order valence-corrected chi connectivity index (χ3v) is 5.00. The maximum absolute atomic E-state index is 13.1. The van der Waals surface area contributed by atoms with Crippen LogP contribution in [0.25, 0.3) is 22.1 Å². The van der Waals surface area contributed by atoms with E-state index >= 15 is 0 Å². The monoisotopic (exact) mass is 418 g/mol. The lowest BCUT2D eigenvalue weighted by Gasteiger charge is -2.39. The van der Waals surface area contributed by atoms with Gasteiger partial charge in [-0.2, -0.15) is 0 Å². The predicted molar refractivity (Wildman–Crippen MR) is 102 cm³/mol. The third kappa shape index (κ3) is 3.69. The quantitative estimate of drug-likeness (QED) is 0.489. The highest BCUT2D eigenvalue weighted by Gasteiger charge is 2.44. The summed E-state index contributed by atoms with van der Waals surface area (Å²) in [5.74, 6) is -0.247. The van der Waals surface area contributed by atoms with E-state index in [1.807, 2.05) is 0 Å². The van der Waals surface area contributed by atoms with Crippen molar-refractivity contribution in [1.82, 2.24) is 0 Å². The van der Waals surface area contributed by atoms with Crippen molar-refractivity contribution in [3.8, 4) is 16.9 Å². The van der Waals surface area contributed by atoms with Gasteiger partial charge in [0.05, 0.1) is 17.6 Å². The Labute approximate surface area is 169 Å². The Balaban J connectivity index is 1.62. The van der Waals surface area contributed by atoms with Crippen LogP contribution in [-0.2, 0) is 4.74 Å². The fraction of sp³-hybridized carbons (Fsp3) is 0.286. The Morgan fingerprint density at radius 1 is 1.00 bits per heavy atom. The summed E-state index contributed by atoms with van der Waals surface area (Å²) in [4.78, 5) is 12.8. The SMILES string of the molecule is O=c1c(-c2ccc(F)cc2)coc2cc(O[C@@H]3O[C@@H](CO)[C@H](O)[C@@H](O)[C@@H]3O)ccc12. The molecule has 9 heteroatoms. The highest BCUT2D eigenvalue weighted by Crippen LogP contribution is 2.27. The van der Waals surface area contributed by atoms with Crippen molar-refractivity contribution < 1.29 is 38.7 Å². The summed E-state index contributed by atoms with van der Waals surface area (Å²) in [7, 11) is 0. The summed E-state index contributed by atoms with van der Waals surface area (Å²) >= 11 is 0. The number of ether oxygens (including phenoxy) is 2. The molecule has 3 aromatic rings. The molecule has 1 aliphatic rings. The molecule has 8 nitrogen and oxygen atoms in total. The third-order valence-electron chi connectivity index (χ3n) is 5.00. The Morgan fingerprint density at radius 3 is 2.43 bits per heavy atom. The largest absolute Gasteiger partial charge is 0.463 e. The molecule has 5 atom stereocenters. The lowest BCUT2D eigenvalue weighted by Crippen LogP contribution is -2.60. The van der Waals surface area contributed by atoms with Crippen molar-refractivity contribution in [2.75, 3.05) is 6.61 Å². The van der Waals surface area contributed by atoms with Gasteiger partial charge in [-0.25, -0.2) is 4.39 Å². The molecule has 1 aliphatic heterocycles. The summed E-state index contributed by atoms with van der Waals surface area (Å²) in [6.45, 7) is -0.580. The second-order valence-electron chi connectivity index (χ2n) is 6.96. The number of benzene rings is 2.